The topological polar surface area (TPSA) is 65.7 Å². The van der Waals surface area contributed by atoms with Crippen molar-refractivity contribution in [3.63, 3.8) is 0 Å². The Labute approximate surface area is 118 Å². The summed E-state index contributed by atoms with van der Waals surface area (Å²) in [6.07, 6.45) is 1.65. The number of aromatic amines is 2. The summed E-state index contributed by atoms with van der Waals surface area (Å²) in [5, 5.41) is 0. The Morgan fingerprint density at radius 1 is 0.900 bits per heavy atom. The summed E-state index contributed by atoms with van der Waals surface area (Å²) in [6.45, 7) is 8.10. The van der Waals surface area contributed by atoms with Crippen molar-refractivity contribution >= 4 is 0 Å². The number of rotatable bonds is 2. The Hall–Kier alpha value is -2.10. The molecule has 2 N–H and O–H groups in total. The van der Waals surface area contributed by atoms with Crippen molar-refractivity contribution in [2.24, 2.45) is 0 Å². The van der Waals surface area contributed by atoms with Crippen molar-refractivity contribution in [3.05, 3.63) is 68.5 Å². The van der Waals surface area contributed by atoms with Gasteiger partial charge in [-0.3, -0.25) is 9.59 Å². The molecule has 0 amide bonds. The molecule has 4 nitrogen and oxygen atoms in total. The minimum Gasteiger partial charge on any atom is -0.329 e. The van der Waals surface area contributed by atoms with E-state index in [-0.39, 0.29) is 11.1 Å². The first-order chi connectivity index (χ1) is 9.41. The van der Waals surface area contributed by atoms with Gasteiger partial charge in [0.1, 0.15) is 0 Å². The normalized spacial score (nSPS) is 10.3. The molecule has 0 fully saturated rings. The summed E-state index contributed by atoms with van der Waals surface area (Å²) in [7, 11) is 0. The minimum atomic E-state index is -0.0220. The Morgan fingerprint density at radius 3 is 2.00 bits per heavy atom. The highest BCUT2D eigenvalue weighted by atomic mass is 16.1. The number of hydrogen-bond donors (Lipinski definition) is 2. The highest BCUT2D eigenvalue weighted by Crippen LogP contribution is 2.07. The predicted octanol–water partition coefficient (Wildman–Crippen LogP) is 3.00. The Balaban J connectivity index is 0.000000200. The van der Waals surface area contributed by atoms with Gasteiger partial charge >= 0.3 is 0 Å². The van der Waals surface area contributed by atoms with Crippen LogP contribution in [-0.4, -0.2) is 9.97 Å². The Kier molecular flexibility index (Phi) is 5.97. The second kappa shape index (κ2) is 7.48. The lowest BCUT2D eigenvalue weighted by atomic mass is 10.1. The lowest BCUT2D eigenvalue weighted by Crippen LogP contribution is -2.11. The van der Waals surface area contributed by atoms with Crippen molar-refractivity contribution in [1.82, 2.24) is 9.97 Å². The molecule has 2 aromatic rings. The van der Waals surface area contributed by atoms with Gasteiger partial charge in [0, 0.05) is 23.5 Å². The fourth-order valence-electron chi connectivity index (χ4n) is 1.69. The third-order valence-electron chi connectivity index (χ3n) is 2.88. The molecule has 2 rings (SSSR count). The monoisotopic (exact) mass is 274 g/mol. The molecular weight excluding hydrogens is 252 g/mol. The van der Waals surface area contributed by atoms with E-state index in [0.29, 0.717) is 11.8 Å². The van der Waals surface area contributed by atoms with Crippen LogP contribution in [0.4, 0.5) is 0 Å². The van der Waals surface area contributed by atoms with Crippen LogP contribution in [0.15, 0.2) is 46.1 Å². The van der Waals surface area contributed by atoms with Gasteiger partial charge in [-0.2, -0.15) is 0 Å². The standard InChI is InChI=1S/2C8H11NO/c1-6(2)7-4-3-5-9-8(7)10;1-6(2)7-4-3-5-8(10)9-7/h2*3-6H,1-2H3,(H,9,10). The molecule has 0 aliphatic rings. The largest absolute Gasteiger partial charge is 0.329 e. The van der Waals surface area contributed by atoms with Crippen LogP contribution >= 0.6 is 0 Å². The van der Waals surface area contributed by atoms with E-state index in [4.69, 9.17) is 0 Å². The molecule has 0 saturated carbocycles. The molecule has 108 valence electrons. The van der Waals surface area contributed by atoms with Gasteiger partial charge in [0.2, 0.25) is 5.56 Å². The molecule has 0 aliphatic carbocycles. The fraction of sp³-hybridized carbons (Fsp3) is 0.375. The Morgan fingerprint density at radius 2 is 1.60 bits per heavy atom. The third kappa shape index (κ3) is 4.88. The van der Waals surface area contributed by atoms with Crippen molar-refractivity contribution in [1.29, 1.82) is 0 Å². The molecule has 0 saturated heterocycles. The van der Waals surface area contributed by atoms with E-state index in [9.17, 15) is 9.59 Å². The maximum Gasteiger partial charge on any atom is 0.251 e. The zero-order valence-corrected chi connectivity index (χ0v) is 12.4. The highest BCUT2D eigenvalue weighted by Gasteiger charge is 2.00. The van der Waals surface area contributed by atoms with Crippen LogP contribution in [0, 0.1) is 0 Å². The Bertz CT molecular complexity index is 639. The number of pyridine rings is 2. The molecule has 0 aliphatic heterocycles. The first kappa shape index (κ1) is 16.0. The van der Waals surface area contributed by atoms with Crippen LogP contribution in [0.5, 0.6) is 0 Å². The van der Waals surface area contributed by atoms with Gasteiger partial charge in [0.05, 0.1) is 0 Å². The lowest BCUT2D eigenvalue weighted by molar-refractivity contribution is 0.816. The number of aromatic nitrogens is 2. The van der Waals surface area contributed by atoms with Gasteiger partial charge in [-0.05, 0) is 24.0 Å². The molecule has 0 atom stereocenters. The highest BCUT2D eigenvalue weighted by molar-refractivity contribution is 5.12. The van der Waals surface area contributed by atoms with Gasteiger partial charge in [-0.25, -0.2) is 0 Å². The first-order valence-electron chi connectivity index (χ1n) is 6.78. The first-order valence-corrected chi connectivity index (χ1v) is 6.78. The predicted molar refractivity (Wildman–Crippen MR) is 82.3 cm³/mol. The van der Waals surface area contributed by atoms with Crippen molar-refractivity contribution in [2.45, 2.75) is 39.5 Å². The zero-order chi connectivity index (χ0) is 15.1. The third-order valence-corrected chi connectivity index (χ3v) is 2.88. The van der Waals surface area contributed by atoms with Crippen LogP contribution in [-0.2, 0) is 0 Å². The van der Waals surface area contributed by atoms with Crippen LogP contribution in [0.3, 0.4) is 0 Å². The van der Waals surface area contributed by atoms with E-state index in [1.165, 1.54) is 6.07 Å². The van der Waals surface area contributed by atoms with Gasteiger partial charge in [0.15, 0.2) is 0 Å². The second-order valence-corrected chi connectivity index (χ2v) is 5.23. The molecule has 0 spiro atoms. The summed E-state index contributed by atoms with van der Waals surface area (Å²) >= 11 is 0. The van der Waals surface area contributed by atoms with E-state index < -0.39 is 0 Å². The average molecular weight is 274 g/mol. The summed E-state index contributed by atoms with van der Waals surface area (Å²) in [6, 6.07) is 8.91. The molecule has 0 aromatic carbocycles. The van der Waals surface area contributed by atoms with E-state index in [1.807, 2.05) is 45.9 Å². The fourth-order valence-corrected chi connectivity index (χ4v) is 1.69. The van der Waals surface area contributed by atoms with Crippen LogP contribution in [0.1, 0.15) is 50.8 Å². The summed E-state index contributed by atoms with van der Waals surface area (Å²) in [4.78, 5) is 27.1. The van der Waals surface area contributed by atoms with Crippen molar-refractivity contribution in [2.75, 3.05) is 0 Å². The lowest BCUT2D eigenvalue weighted by Gasteiger charge is -2.01. The molecule has 2 heterocycles. The second-order valence-electron chi connectivity index (χ2n) is 5.23. The van der Waals surface area contributed by atoms with Gasteiger partial charge in [0.25, 0.3) is 5.56 Å². The van der Waals surface area contributed by atoms with Crippen LogP contribution in [0.25, 0.3) is 0 Å². The quantitative estimate of drug-likeness (QED) is 0.884. The smallest absolute Gasteiger partial charge is 0.251 e. The number of nitrogens with one attached hydrogen (secondary N) is 2. The molecule has 0 unspecified atom stereocenters. The molecule has 0 bridgehead atoms. The van der Waals surface area contributed by atoms with Crippen molar-refractivity contribution < 1.29 is 0 Å². The SMILES string of the molecule is CC(C)c1ccc[nH]c1=O.CC(C)c1cccc(=O)[nH]1. The summed E-state index contributed by atoms with van der Waals surface area (Å²) in [5.74, 6) is 0.707. The van der Waals surface area contributed by atoms with Crippen molar-refractivity contribution in [3.8, 4) is 0 Å². The molecule has 2 aromatic heterocycles. The summed E-state index contributed by atoms with van der Waals surface area (Å²) < 4.78 is 0. The van der Waals surface area contributed by atoms with E-state index in [0.717, 1.165) is 11.3 Å². The summed E-state index contributed by atoms with van der Waals surface area (Å²) in [5.41, 5.74) is 1.85. The maximum atomic E-state index is 11.0. The molecular formula is C16H22N2O2. The average Bonchev–Trinajstić information content (AvgIpc) is 2.39. The molecule has 20 heavy (non-hydrogen) atoms. The minimum absolute atomic E-state index is 0.0220. The van der Waals surface area contributed by atoms with Gasteiger partial charge in [-0.15, -0.1) is 0 Å². The van der Waals surface area contributed by atoms with Crippen LogP contribution in [0.2, 0.25) is 0 Å². The maximum absolute atomic E-state index is 11.0. The number of hydrogen-bond acceptors (Lipinski definition) is 2. The number of H-pyrrole nitrogens is 2. The molecule has 0 radical (unpaired) electrons. The van der Waals surface area contributed by atoms with E-state index in [1.54, 1.807) is 12.3 Å². The van der Waals surface area contributed by atoms with Gasteiger partial charge in [-0.1, -0.05) is 39.8 Å². The van der Waals surface area contributed by atoms with Gasteiger partial charge < -0.3 is 9.97 Å². The van der Waals surface area contributed by atoms with E-state index >= 15 is 0 Å². The van der Waals surface area contributed by atoms with E-state index in [2.05, 4.69) is 9.97 Å². The van der Waals surface area contributed by atoms with Crippen LogP contribution < -0.4 is 11.1 Å². The zero-order valence-electron chi connectivity index (χ0n) is 12.4. The molecule has 4 heteroatoms.